The standard InChI is InChI=1S/C28H23ClFN5O3S/c1-37-15-24(36)31-13-17-5-7-19(8-6-17)27-35-25-26(32-16-33-28(25)39-27)34-21-9-10-23(22(29)12-21)38-14-18-3-2-4-20(30)11-18/h2-12,16H,13-15H2,1H3,(H,31,36)(H,32,33,34). The van der Waals surface area contributed by atoms with Crippen LogP contribution in [0.4, 0.5) is 15.9 Å². The Morgan fingerprint density at radius 3 is 2.67 bits per heavy atom. The Labute approximate surface area is 232 Å². The van der Waals surface area contributed by atoms with Gasteiger partial charge in [-0.1, -0.05) is 59.3 Å². The Morgan fingerprint density at radius 1 is 1.05 bits per heavy atom. The molecule has 0 bridgehead atoms. The number of hydrogen-bond acceptors (Lipinski definition) is 8. The first-order valence-corrected chi connectivity index (χ1v) is 13.1. The molecule has 2 heterocycles. The quantitative estimate of drug-likeness (QED) is 0.211. The fourth-order valence-corrected chi connectivity index (χ4v) is 4.89. The maximum absolute atomic E-state index is 13.4. The lowest BCUT2D eigenvalue weighted by Crippen LogP contribution is -2.26. The summed E-state index contributed by atoms with van der Waals surface area (Å²) >= 11 is 7.90. The van der Waals surface area contributed by atoms with Crippen LogP contribution in [0.15, 0.2) is 73.1 Å². The Bertz CT molecular complexity index is 1610. The van der Waals surface area contributed by atoms with Crippen LogP contribution in [-0.2, 0) is 22.7 Å². The lowest BCUT2D eigenvalue weighted by Gasteiger charge is -2.11. The van der Waals surface area contributed by atoms with Gasteiger partial charge in [-0.25, -0.2) is 19.3 Å². The second-order valence-corrected chi connectivity index (χ2v) is 9.88. The zero-order chi connectivity index (χ0) is 27.2. The van der Waals surface area contributed by atoms with Gasteiger partial charge in [0.1, 0.15) is 46.5 Å². The molecular weight excluding hydrogens is 541 g/mol. The molecule has 8 nitrogen and oxygen atoms in total. The summed E-state index contributed by atoms with van der Waals surface area (Å²) in [5.74, 6) is 0.545. The Hall–Kier alpha value is -4.12. The van der Waals surface area contributed by atoms with Gasteiger partial charge in [-0.05, 0) is 41.5 Å². The Morgan fingerprint density at radius 2 is 1.90 bits per heavy atom. The molecule has 0 unspecified atom stereocenters. The van der Waals surface area contributed by atoms with E-state index in [0.717, 1.165) is 21.0 Å². The highest BCUT2D eigenvalue weighted by Gasteiger charge is 2.14. The number of amides is 1. The number of hydrogen-bond donors (Lipinski definition) is 2. The molecule has 0 saturated heterocycles. The topological polar surface area (TPSA) is 98.3 Å². The number of carbonyl (C=O) groups excluding carboxylic acids is 1. The van der Waals surface area contributed by atoms with Crippen LogP contribution in [-0.4, -0.2) is 34.6 Å². The van der Waals surface area contributed by atoms with Crippen LogP contribution in [0, 0.1) is 5.82 Å². The predicted octanol–water partition coefficient (Wildman–Crippen LogP) is 6.13. The van der Waals surface area contributed by atoms with E-state index in [4.69, 9.17) is 26.1 Å². The summed E-state index contributed by atoms with van der Waals surface area (Å²) in [6.07, 6.45) is 1.48. The van der Waals surface area contributed by atoms with Crippen LogP contribution in [0.3, 0.4) is 0 Å². The first-order chi connectivity index (χ1) is 19.0. The predicted molar refractivity (Wildman–Crippen MR) is 150 cm³/mol. The van der Waals surface area contributed by atoms with Crippen LogP contribution in [0.2, 0.25) is 5.02 Å². The number of nitrogens with zero attached hydrogens (tertiary/aromatic N) is 3. The highest BCUT2D eigenvalue weighted by Crippen LogP contribution is 2.34. The number of fused-ring (bicyclic) bond motifs is 1. The average molecular weight is 564 g/mol. The molecular formula is C28H23ClFN5O3S. The SMILES string of the molecule is COCC(=O)NCc1ccc(-c2nc3c(Nc4ccc(OCc5cccc(F)c5)c(Cl)c4)ncnc3s2)cc1. The number of thiazole rings is 1. The van der Waals surface area contributed by atoms with Gasteiger partial charge in [0.15, 0.2) is 5.82 Å². The van der Waals surface area contributed by atoms with Crippen molar-refractivity contribution in [3.63, 3.8) is 0 Å². The molecule has 0 aliphatic carbocycles. The minimum atomic E-state index is -0.316. The molecule has 0 aliphatic rings. The third kappa shape index (κ3) is 6.66. The number of benzene rings is 3. The normalized spacial score (nSPS) is 10.9. The first kappa shape index (κ1) is 26.5. The Balaban J connectivity index is 1.28. The molecule has 0 radical (unpaired) electrons. The molecule has 198 valence electrons. The van der Waals surface area contributed by atoms with E-state index in [2.05, 4.69) is 20.6 Å². The molecule has 5 aromatic rings. The molecule has 0 fully saturated rings. The van der Waals surface area contributed by atoms with Crippen molar-refractivity contribution in [1.29, 1.82) is 0 Å². The van der Waals surface area contributed by atoms with Crippen molar-refractivity contribution < 1.29 is 18.7 Å². The van der Waals surface area contributed by atoms with Crippen molar-refractivity contribution in [2.45, 2.75) is 13.2 Å². The molecule has 0 spiro atoms. The van der Waals surface area contributed by atoms with E-state index in [1.54, 1.807) is 24.3 Å². The number of anilines is 2. The molecule has 2 aromatic heterocycles. The van der Waals surface area contributed by atoms with E-state index in [0.29, 0.717) is 39.9 Å². The van der Waals surface area contributed by atoms with E-state index in [-0.39, 0.29) is 24.9 Å². The van der Waals surface area contributed by atoms with E-state index in [9.17, 15) is 9.18 Å². The van der Waals surface area contributed by atoms with Gasteiger partial charge in [0.25, 0.3) is 0 Å². The zero-order valence-corrected chi connectivity index (χ0v) is 22.4. The van der Waals surface area contributed by atoms with E-state index in [1.807, 2.05) is 30.3 Å². The minimum Gasteiger partial charge on any atom is -0.487 e. The van der Waals surface area contributed by atoms with Crippen molar-refractivity contribution >= 4 is 50.7 Å². The molecule has 39 heavy (non-hydrogen) atoms. The minimum absolute atomic E-state index is 0.0296. The molecule has 11 heteroatoms. The lowest BCUT2D eigenvalue weighted by atomic mass is 10.1. The van der Waals surface area contributed by atoms with Gasteiger partial charge in [0.05, 0.1) is 5.02 Å². The molecule has 2 N–H and O–H groups in total. The lowest BCUT2D eigenvalue weighted by molar-refractivity contribution is -0.124. The summed E-state index contributed by atoms with van der Waals surface area (Å²) in [7, 11) is 1.48. The van der Waals surface area contributed by atoms with Crippen molar-refractivity contribution in [3.8, 4) is 16.3 Å². The number of halogens is 2. The number of methoxy groups -OCH3 is 1. The Kier molecular flexibility index (Phi) is 8.26. The van der Waals surface area contributed by atoms with Crippen molar-refractivity contribution in [2.75, 3.05) is 19.0 Å². The summed E-state index contributed by atoms with van der Waals surface area (Å²) < 4.78 is 24.0. The third-order valence-corrected chi connectivity index (χ3v) is 6.95. The summed E-state index contributed by atoms with van der Waals surface area (Å²) in [5, 5.41) is 7.26. The summed E-state index contributed by atoms with van der Waals surface area (Å²) in [6, 6.07) is 19.3. The smallest absolute Gasteiger partial charge is 0.246 e. The van der Waals surface area contributed by atoms with E-state index >= 15 is 0 Å². The van der Waals surface area contributed by atoms with Crippen molar-refractivity contribution in [1.82, 2.24) is 20.3 Å². The van der Waals surface area contributed by atoms with Crippen LogP contribution >= 0.6 is 22.9 Å². The zero-order valence-electron chi connectivity index (χ0n) is 20.8. The fraction of sp³-hybridized carbons (Fsp3) is 0.143. The van der Waals surface area contributed by atoms with E-state index < -0.39 is 0 Å². The third-order valence-electron chi connectivity index (χ3n) is 5.64. The van der Waals surface area contributed by atoms with Crippen LogP contribution in [0.5, 0.6) is 5.75 Å². The second-order valence-electron chi connectivity index (χ2n) is 8.49. The highest BCUT2D eigenvalue weighted by molar-refractivity contribution is 7.21. The van der Waals surface area contributed by atoms with Crippen LogP contribution < -0.4 is 15.4 Å². The molecule has 1 amide bonds. The summed E-state index contributed by atoms with van der Waals surface area (Å²) in [6.45, 7) is 0.642. The van der Waals surface area contributed by atoms with Crippen LogP contribution in [0.1, 0.15) is 11.1 Å². The average Bonchev–Trinajstić information content (AvgIpc) is 3.38. The number of ether oxygens (including phenoxy) is 2. The van der Waals surface area contributed by atoms with Crippen LogP contribution in [0.25, 0.3) is 20.9 Å². The molecule has 0 atom stereocenters. The van der Waals surface area contributed by atoms with E-state index in [1.165, 1.54) is 36.9 Å². The van der Waals surface area contributed by atoms with Gasteiger partial charge in [0.2, 0.25) is 5.91 Å². The second kappa shape index (κ2) is 12.2. The van der Waals surface area contributed by atoms with Gasteiger partial charge in [-0.2, -0.15) is 0 Å². The monoisotopic (exact) mass is 563 g/mol. The molecule has 0 saturated carbocycles. The fourth-order valence-electron chi connectivity index (χ4n) is 3.74. The van der Waals surface area contributed by atoms with Gasteiger partial charge >= 0.3 is 0 Å². The van der Waals surface area contributed by atoms with Crippen molar-refractivity contribution in [2.24, 2.45) is 0 Å². The summed E-state index contributed by atoms with van der Waals surface area (Å²) in [5.41, 5.74) is 3.94. The first-order valence-electron chi connectivity index (χ1n) is 11.9. The number of aromatic nitrogens is 3. The van der Waals surface area contributed by atoms with Crippen molar-refractivity contribution in [3.05, 3.63) is 95.0 Å². The molecule has 0 aliphatic heterocycles. The molecule has 3 aromatic carbocycles. The highest BCUT2D eigenvalue weighted by atomic mass is 35.5. The maximum Gasteiger partial charge on any atom is 0.246 e. The van der Waals surface area contributed by atoms with Gasteiger partial charge in [0, 0.05) is 24.9 Å². The number of nitrogens with one attached hydrogen (secondary N) is 2. The molecule has 5 rings (SSSR count). The number of carbonyl (C=O) groups is 1. The largest absolute Gasteiger partial charge is 0.487 e. The van der Waals surface area contributed by atoms with Gasteiger partial charge in [-0.3, -0.25) is 4.79 Å². The maximum atomic E-state index is 13.4. The van der Waals surface area contributed by atoms with Gasteiger partial charge in [-0.15, -0.1) is 0 Å². The number of rotatable bonds is 10. The van der Waals surface area contributed by atoms with Gasteiger partial charge < -0.3 is 20.1 Å². The summed E-state index contributed by atoms with van der Waals surface area (Å²) in [4.78, 5) is 25.9.